The fraction of sp³-hybridized carbons (Fsp3) is 0.400. The largest absolute Gasteiger partial charge is 0.473 e. The minimum atomic E-state index is -0.450. The third-order valence-electron chi connectivity index (χ3n) is 7.98. The number of nitrogens with two attached hydrogens (primary N) is 1. The number of nitrogens with one attached hydrogen (secondary N) is 1. The summed E-state index contributed by atoms with van der Waals surface area (Å²) in [5.74, 6) is 1.57. The molecule has 2 fully saturated rings. The predicted molar refractivity (Wildman–Crippen MR) is 137 cm³/mol. The number of aromatic nitrogens is 1. The van der Waals surface area contributed by atoms with Crippen LogP contribution in [0.3, 0.4) is 0 Å². The number of carbonyl (C=O) groups excluding carboxylic acids is 1. The molecule has 36 heavy (non-hydrogen) atoms. The maximum atomic E-state index is 14.2. The van der Waals surface area contributed by atoms with Crippen LogP contribution in [-0.4, -0.2) is 16.9 Å². The smallest absolute Gasteiger partial charge is 0.241 e. The molecule has 0 spiro atoms. The van der Waals surface area contributed by atoms with Crippen molar-refractivity contribution in [1.29, 1.82) is 0 Å². The number of fused-ring (bicyclic) bond motifs is 1. The number of hydrogen-bond acceptors (Lipinski definition) is 4. The van der Waals surface area contributed by atoms with Crippen LogP contribution >= 0.6 is 0 Å². The molecule has 3 aromatic rings. The molecule has 6 heteroatoms. The molecule has 1 heterocycles. The van der Waals surface area contributed by atoms with Crippen molar-refractivity contribution in [2.75, 3.05) is 5.32 Å². The van der Waals surface area contributed by atoms with Crippen molar-refractivity contribution in [2.24, 2.45) is 23.5 Å². The van der Waals surface area contributed by atoms with E-state index in [9.17, 15) is 9.18 Å². The summed E-state index contributed by atoms with van der Waals surface area (Å²) in [7, 11) is 0. The van der Waals surface area contributed by atoms with Gasteiger partial charge in [-0.2, -0.15) is 0 Å². The lowest BCUT2D eigenvalue weighted by Gasteiger charge is -2.23. The average Bonchev–Trinajstić information content (AvgIpc) is 3.83. The van der Waals surface area contributed by atoms with E-state index in [1.54, 1.807) is 0 Å². The number of nitrogens with zero attached hydrogens (tertiary/aromatic N) is 1. The molecule has 0 radical (unpaired) electrons. The molecule has 6 rings (SSSR count). The van der Waals surface area contributed by atoms with Gasteiger partial charge in [-0.05, 0) is 91.2 Å². The van der Waals surface area contributed by atoms with E-state index in [2.05, 4.69) is 10.3 Å². The second kappa shape index (κ2) is 9.66. The Morgan fingerprint density at radius 1 is 1.03 bits per heavy atom. The lowest BCUT2D eigenvalue weighted by atomic mass is 9.89. The van der Waals surface area contributed by atoms with Crippen molar-refractivity contribution in [3.05, 3.63) is 88.9 Å². The minimum Gasteiger partial charge on any atom is -0.473 e. The Morgan fingerprint density at radius 3 is 2.50 bits per heavy atom. The molecule has 1 amide bonds. The Kier molecular flexibility index (Phi) is 6.22. The zero-order chi connectivity index (χ0) is 24.6. The maximum absolute atomic E-state index is 14.2. The van der Waals surface area contributed by atoms with E-state index in [4.69, 9.17) is 10.5 Å². The first kappa shape index (κ1) is 23.2. The molecule has 186 valence electrons. The van der Waals surface area contributed by atoms with Crippen LogP contribution in [0.25, 0.3) is 0 Å². The minimum absolute atomic E-state index is 0.00454. The van der Waals surface area contributed by atoms with Crippen molar-refractivity contribution in [3.63, 3.8) is 0 Å². The molecule has 2 saturated carbocycles. The number of benzene rings is 2. The number of anilines is 1. The molecule has 3 N–H and O–H groups in total. The van der Waals surface area contributed by atoms with Crippen molar-refractivity contribution in [2.45, 2.75) is 57.1 Å². The second-order valence-electron chi connectivity index (χ2n) is 10.6. The predicted octanol–water partition coefficient (Wildman–Crippen LogP) is 5.58. The van der Waals surface area contributed by atoms with Gasteiger partial charge in [-0.15, -0.1) is 0 Å². The van der Waals surface area contributed by atoms with Crippen LogP contribution in [0.5, 0.6) is 5.88 Å². The molecule has 1 unspecified atom stereocenters. The van der Waals surface area contributed by atoms with E-state index in [0.29, 0.717) is 30.2 Å². The van der Waals surface area contributed by atoms with E-state index in [1.165, 1.54) is 37.9 Å². The Bertz CT molecular complexity index is 1240. The molecule has 2 atom stereocenters. The van der Waals surface area contributed by atoms with E-state index in [0.717, 1.165) is 40.8 Å². The van der Waals surface area contributed by atoms with Gasteiger partial charge in [0.2, 0.25) is 11.8 Å². The van der Waals surface area contributed by atoms with Crippen molar-refractivity contribution in [3.8, 4) is 5.88 Å². The maximum Gasteiger partial charge on any atom is 0.241 e. The molecule has 3 aliphatic carbocycles. The quantitative estimate of drug-likeness (QED) is 0.415. The summed E-state index contributed by atoms with van der Waals surface area (Å²) in [6.45, 7) is 0.375. The highest BCUT2D eigenvalue weighted by Gasteiger charge is 2.46. The van der Waals surface area contributed by atoms with Gasteiger partial charge in [0.15, 0.2) is 0 Å². The number of rotatable bonds is 9. The molecule has 0 saturated heterocycles. The van der Waals surface area contributed by atoms with Crippen LogP contribution in [-0.2, 0) is 17.8 Å². The number of amides is 1. The first-order chi connectivity index (χ1) is 17.6. The second-order valence-corrected chi connectivity index (χ2v) is 10.6. The number of halogens is 1. The summed E-state index contributed by atoms with van der Waals surface area (Å²) in [6.07, 6.45) is 7.70. The van der Waals surface area contributed by atoms with Gasteiger partial charge in [0.1, 0.15) is 12.4 Å². The van der Waals surface area contributed by atoms with Gasteiger partial charge in [-0.3, -0.25) is 4.79 Å². The first-order valence-corrected chi connectivity index (χ1v) is 13.1. The lowest BCUT2D eigenvalue weighted by molar-refractivity contribution is -0.118. The standard InChI is InChI=1S/C30H32FN3O2/c31-22-15-26(30(33-16-22)36-17-18-4-2-1-3-5-18)25-12-10-21-14-23(11-13-24(21)25)34-29(35)28(32)27(19-6-7-19)20-8-9-20/h1-5,11,13-16,19-20,25,27-28H,6-10,12,17,32H2,(H,34,35)/t25?,28-/m0/s1. The fourth-order valence-electron chi connectivity index (χ4n) is 5.89. The van der Waals surface area contributed by atoms with Crippen molar-refractivity contribution < 1.29 is 13.9 Å². The number of aryl methyl sites for hydroxylation is 1. The van der Waals surface area contributed by atoms with Gasteiger partial charge in [0, 0.05) is 17.2 Å². The highest BCUT2D eigenvalue weighted by Crippen LogP contribution is 2.50. The van der Waals surface area contributed by atoms with Crippen LogP contribution < -0.4 is 15.8 Å². The highest BCUT2D eigenvalue weighted by atomic mass is 19.1. The number of hydrogen-bond donors (Lipinski definition) is 2. The van der Waals surface area contributed by atoms with Gasteiger partial charge < -0.3 is 15.8 Å². The van der Waals surface area contributed by atoms with E-state index >= 15 is 0 Å². The summed E-state index contributed by atoms with van der Waals surface area (Å²) in [5.41, 5.74) is 11.3. The Hall–Kier alpha value is -3.25. The number of carbonyl (C=O) groups is 1. The Labute approximate surface area is 211 Å². The molecular weight excluding hydrogens is 453 g/mol. The third kappa shape index (κ3) is 4.87. The van der Waals surface area contributed by atoms with E-state index < -0.39 is 6.04 Å². The average molecular weight is 486 g/mol. The van der Waals surface area contributed by atoms with Crippen LogP contribution in [0, 0.1) is 23.6 Å². The molecule has 1 aromatic heterocycles. The van der Waals surface area contributed by atoms with Crippen LogP contribution in [0.2, 0.25) is 0 Å². The normalized spacial score (nSPS) is 19.7. The third-order valence-corrected chi connectivity index (χ3v) is 7.98. The van der Waals surface area contributed by atoms with E-state index in [-0.39, 0.29) is 17.6 Å². The highest BCUT2D eigenvalue weighted by molar-refractivity contribution is 5.95. The van der Waals surface area contributed by atoms with Crippen LogP contribution in [0.15, 0.2) is 60.8 Å². The molecular formula is C30H32FN3O2. The van der Waals surface area contributed by atoms with Crippen LogP contribution in [0.1, 0.15) is 60.3 Å². The summed E-state index contributed by atoms with van der Waals surface area (Å²) < 4.78 is 20.3. The zero-order valence-corrected chi connectivity index (χ0v) is 20.3. The molecule has 3 aliphatic rings. The van der Waals surface area contributed by atoms with Crippen molar-refractivity contribution >= 4 is 11.6 Å². The molecule has 2 aromatic carbocycles. The number of pyridine rings is 1. The fourth-order valence-corrected chi connectivity index (χ4v) is 5.89. The summed E-state index contributed by atoms with van der Waals surface area (Å²) >= 11 is 0. The van der Waals surface area contributed by atoms with Gasteiger partial charge in [-0.25, -0.2) is 9.37 Å². The first-order valence-electron chi connectivity index (χ1n) is 13.1. The number of ether oxygens (including phenoxy) is 1. The topological polar surface area (TPSA) is 77.2 Å². The Balaban J connectivity index is 1.18. The van der Waals surface area contributed by atoms with Gasteiger partial charge in [0.05, 0.1) is 12.2 Å². The summed E-state index contributed by atoms with van der Waals surface area (Å²) in [6, 6.07) is 17.0. The molecule has 0 aliphatic heterocycles. The SMILES string of the molecule is N[C@H](C(=O)Nc1ccc2c(c1)CCC2c1cc(F)cnc1OCc1ccccc1)C(C1CC1)C1CC1. The monoisotopic (exact) mass is 485 g/mol. The van der Waals surface area contributed by atoms with E-state index in [1.807, 2.05) is 48.5 Å². The zero-order valence-electron chi connectivity index (χ0n) is 20.3. The van der Waals surface area contributed by atoms with Crippen LogP contribution in [0.4, 0.5) is 10.1 Å². The lowest BCUT2D eigenvalue weighted by Crippen LogP contribution is -2.43. The molecule has 0 bridgehead atoms. The molecule has 5 nitrogen and oxygen atoms in total. The van der Waals surface area contributed by atoms with Gasteiger partial charge >= 0.3 is 0 Å². The summed E-state index contributed by atoms with van der Waals surface area (Å²) in [5, 5.41) is 3.07. The summed E-state index contributed by atoms with van der Waals surface area (Å²) in [4.78, 5) is 17.2. The van der Waals surface area contributed by atoms with Gasteiger partial charge in [-0.1, -0.05) is 36.4 Å². The van der Waals surface area contributed by atoms with Gasteiger partial charge in [0.25, 0.3) is 0 Å². The Morgan fingerprint density at radius 2 is 1.78 bits per heavy atom. The van der Waals surface area contributed by atoms with Crippen molar-refractivity contribution in [1.82, 2.24) is 4.98 Å².